The second-order valence-electron chi connectivity index (χ2n) is 3.35. The third-order valence-corrected chi connectivity index (χ3v) is 3.60. The molecule has 0 bridgehead atoms. The van der Waals surface area contributed by atoms with Crippen LogP contribution < -0.4 is 0 Å². The molecule has 0 radical (unpaired) electrons. The predicted octanol–water partition coefficient (Wildman–Crippen LogP) is 3.56. The molecule has 1 N–H and O–H groups in total. The lowest BCUT2D eigenvalue weighted by molar-refractivity contribution is 0.111. The zero-order valence-corrected chi connectivity index (χ0v) is 11.5. The van der Waals surface area contributed by atoms with Crippen LogP contribution in [0, 0.1) is 4.64 Å². The number of rotatable bonds is 4. The van der Waals surface area contributed by atoms with Crippen LogP contribution >= 0.6 is 28.1 Å². The maximum Gasteiger partial charge on any atom is 0.144 e. The van der Waals surface area contributed by atoms with Gasteiger partial charge in [0, 0.05) is 12.8 Å². The summed E-state index contributed by atoms with van der Waals surface area (Å²) in [6.07, 6.45) is 1.96. The zero-order chi connectivity index (χ0) is 11.4. The van der Waals surface area contributed by atoms with Crippen LogP contribution in [0.3, 0.4) is 0 Å². The Kier molecular flexibility index (Phi) is 4.89. The van der Waals surface area contributed by atoms with Gasteiger partial charge in [0.2, 0.25) is 0 Å². The Hall–Kier alpha value is -0.260. The molecular weight excluding hydrogens is 276 g/mol. The molecule has 84 valence electrons. The average molecular weight is 291 g/mol. The molecule has 1 atom stereocenters. The number of aryl methyl sites for hydroxylation is 1. The Labute approximate surface area is 103 Å². The topological polar surface area (TPSA) is 37.9 Å². The SMILES string of the molecule is CCCc1[nH]c(C(C)OC)nc(=S)c1Br. The van der Waals surface area contributed by atoms with E-state index in [-0.39, 0.29) is 6.10 Å². The number of methoxy groups -OCH3 is 1. The second-order valence-corrected chi connectivity index (χ2v) is 4.53. The van der Waals surface area contributed by atoms with E-state index in [9.17, 15) is 0 Å². The van der Waals surface area contributed by atoms with E-state index in [1.54, 1.807) is 7.11 Å². The third-order valence-electron chi connectivity index (χ3n) is 2.19. The highest BCUT2D eigenvalue weighted by molar-refractivity contribution is 9.10. The lowest BCUT2D eigenvalue weighted by atomic mass is 10.2. The Morgan fingerprint density at radius 3 is 2.80 bits per heavy atom. The Morgan fingerprint density at radius 1 is 1.60 bits per heavy atom. The lowest BCUT2D eigenvalue weighted by Gasteiger charge is -2.12. The van der Waals surface area contributed by atoms with Crippen molar-refractivity contribution in [1.29, 1.82) is 0 Å². The number of hydrogen-bond acceptors (Lipinski definition) is 3. The Bertz CT molecular complexity index is 391. The summed E-state index contributed by atoms with van der Waals surface area (Å²) in [4.78, 5) is 7.53. The van der Waals surface area contributed by atoms with Gasteiger partial charge in [-0.3, -0.25) is 0 Å². The van der Waals surface area contributed by atoms with Gasteiger partial charge in [-0.25, -0.2) is 4.98 Å². The number of hydrogen-bond donors (Lipinski definition) is 1. The Morgan fingerprint density at radius 2 is 2.27 bits per heavy atom. The van der Waals surface area contributed by atoms with Gasteiger partial charge in [-0.2, -0.15) is 0 Å². The summed E-state index contributed by atoms with van der Waals surface area (Å²) in [7, 11) is 1.66. The number of nitrogens with zero attached hydrogens (tertiary/aromatic N) is 1. The van der Waals surface area contributed by atoms with E-state index in [0.717, 1.165) is 28.8 Å². The number of aromatic amines is 1. The summed E-state index contributed by atoms with van der Waals surface area (Å²) in [6.45, 7) is 4.07. The van der Waals surface area contributed by atoms with Crippen LogP contribution in [0.2, 0.25) is 0 Å². The van der Waals surface area contributed by atoms with Gasteiger partial charge in [-0.1, -0.05) is 25.6 Å². The molecule has 0 aromatic carbocycles. The normalized spacial score (nSPS) is 12.8. The van der Waals surface area contributed by atoms with Gasteiger partial charge in [0.1, 0.15) is 16.6 Å². The number of aromatic nitrogens is 2. The monoisotopic (exact) mass is 290 g/mol. The van der Waals surface area contributed by atoms with Crippen LogP contribution in [-0.2, 0) is 11.2 Å². The van der Waals surface area contributed by atoms with Crippen molar-refractivity contribution < 1.29 is 4.74 Å². The third kappa shape index (κ3) is 3.09. The van der Waals surface area contributed by atoms with Gasteiger partial charge in [-0.05, 0) is 29.3 Å². The van der Waals surface area contributed by atoms with Crippen molar-refractivity contribution in [2.45, 2.75) is 32.8 Å². The minimum atomic E-state index is -0.0598. The highest BCUT2D eigenvalue weighted by atomic mass is 79.9. The van der Waals surface area contributed by atoms with Crippen molar-refractivity contribution in [3.8, 4) is 0 Å². The van der Waals surface area contributed by atoms with Crippen LogP contribution in [0.15, 0.2) is 4.47 Å². The van der Waals surface area contributed by atoms with E-state index in [2.05, 4.69) is 32.8 Å². The first-order valence-electron chi connectivity index (χ1n) is 4.91. The van der Waals surface area contributed by atoms with Gasteiger partial charge in [0.05, 0.1) is 4.47 Å². The average Bonchev–Trinajstić information content (AvgIpc) is 2.23. The first kappa shape index (κ1) is 12.8. The molecule has 0 aliphatic carbocycles. The van der Waals surface area contributed by atoms with E-state index in [1.165, 1.54) is 0 Å². The standard InChI is InChI=1S/C10H15BrN2OS/c1-4-5-7-8(11)10(15)13-9(12-7)6(2)14-3/h6H,4-5H2,1-3H3,(H,12,13,15). The molecule has 1 heterocycles. The Balaban J connectivity index is 3.17. The van der Waals surface area contributed by atoms with Crippen LogP contribution in [-0.4, -0.2) is 17.1 Å². The molecule has 1 unspecified atom stereocenters. The van der Waals surface area contributed by atoms with Gasteiger partial charge >= 0.3 is 0 Å². The maximum absolute atomic E-state index is 5.21. The summed E-state index contributed by atoms with van der Waals surface area (Å²) in [6, 6.07) is 0. The highest BCUT2D eigenvalue weighted by Gasteiger charge is 2.10. The van der Waals surface area contributed by atoms with E-state index >= 15 is 0 Å². The molecule has 1 aromatic heterocycles. The van der Waals surface area contributed by atoms with Crippen LogP contribution in [0.25, 0.3) is 0 Å². The molecule has 0 saturated carbocycles. The number of H-pyrrole nitrogens is 1. The van der Waals surface area contributed by atoms with Gasteiger partial charge in [-0.15, -0.1) is 0 Å². The minimum absolute atomic E-state index is 0.0598. The number of ether oxygens (including phenoxy) is 1. The van der Waals surface area contributed by atoms with Crippen molar-refractivity contribution >= 4 is 28.1 Å². The lowest BCUT2D eigenvalue weighted by Crippen LogP contribution is -2.06. The van der Waals surface area contributed by atoms with E-state index in [4.69, 9.17) is 17.0 Å². The predicted molar refractivity (Wildman–Crippen MR) is 66.5 cm³/mol. The van der Waals surface area contributed by atoms with Gasteiger partial charge in [0.15, 0.2) is 0 Å². The zero-order valence-electron chi connectivity index (χ0n) is 9.13. The molecule has 0 amide bonds. The van der Waals surface area contributed by atoms with Crippen LogP contribution in [0.4, 0.5) is 0 Å². The van der Waals surface area contributed by atoms with E-state index in [1.807, 2.05) is 6.92 Å². The number of nitrogens with one attached hydrogen (secondary N) is 1. The summed E-state index contributed by atoms with van der Waals surface area (Å²) < 4.78 is 6.70. The molecule has 0 saturated heterocycles. The van der Waals surface area contributed by atoms with Gasteiger partial charge in [0.25, 0.3) is 0 Å². The molecule has 5 heteroatoms. The summed E-state index contributed by atoms with van der Waals surface area (Å²) in [5, 5.41) is 0. The molecule has 0 aliphatic heterocycles. The van der Waals surface area contributed by atoms with Crippen molar-refractivity contribution in [2.75, 3.05) is 7.11 Å². The van der Waals surface area contributed by atoms with Crippen molar-refractivity contribution in [1.82, 2.24) is 9.97 Å². The fourth-order valence-corrected chi connectivity index (χ4v) is 1.86. The summed E-state index contributed by atoms with van der Waals surface area (Å²) in [5.41, 5.74) is 1.09. The van der Waals surface area contributed by atoms with Crippen LogP contribution in [0.5, 0.6) is 0 Å². The van der Waals surface area contributed by atoms with E-state index < -0.39 is 0 Å². The molecule has 0 spiro atoms. The largest absolute Gasteiger partial charge is 0.374 e. The molecular formula is C10H15BrN2OS. The first-order valence-corrected chi connectivity index (χ1v) is 6.11. The first-order chi connectivity index (χ1) is 7.10. The summed E-state index contributed by atoms with van der Waals surface area (Å²) in [5.74, 6) is 0.786. The molecule has 1 aromatic rings. The van der Waals surface area contributed by atoms with Crippen molar-refractivity contribution in [3.63, 3.8) is 0 Å². The molecule has 15 heavy (non-hydrogen) atoms. The minimum Gasteiger partial charge on any atom is -0.374 e. The molecule has 1 rings (SSSR count). The number of halogens is 1. The fraction of sp³-hybridized carbons (Fsp3) is 0.600. The van der Waals surface area contributed by atoms with Crippen molar-refractivity contribution in [3.05, 3.63) is 20.6 Å². The quantitative estimate of drug-likeness (QED) is 0.862. The highest BCUT2D eigenvalue weighted by Crippen LogP contribution is 2.20. The maximum atomic E-state index is 5.21. The second kappa shape index (κ2) is 5.72. The van der Waals surface area contributed by atoms with Crippen LogP contribution in [0.1, 0.15) is 37.9 Å². The smallest absolute Gasteiger partial charge is 0.144 e. The molecule has 0 fully saturated rings. The van der Waals surface area contributed by atoms with E-state index in [0.29, 0.717) is 4.64 Å². The fourth-order valence-electron chi connectivity index (χ4n) is 1.25. The summed E-state index contributed by atoms with van der Waals surface area (Å²) >= 11 is 8.62. The van der Waals surface area contributed by atoms with Gasteiger partial charge < -0.3 is 9.72 Å². The van der Waals surface area contributed by atoms with Crippen molar-refractivity contribution in [2.24, 2.45) is 0 Å². The molecule has 0 aliphatic rings. The molecule has 3 nitrogen and oxygen atoms in total.